The van der Waals surface area contributed by atoms with E-state index in [1.54, 1.807) is 0 Å². The van der Waals surface area contributed by atoms with Gasteiger partial charge >= 0.3 is 6.18 Å². The van der Waals surface area contributed by atoms with Crippen LogP contribution in [0, 0.1) is 17.8 Å². The van der Waals surface area contributed by atoms with Crippen LogP contribution in [0.2, 0.25) is 0 Å². The van der Waals surface area contributed by atoms with E-state index >= 15 is 0 Å². The second-order valence-electron chi connectivity index (χ2n) is 7.16. The van der Waals surface area contributed by atoms with Crippen LogP contribution in [0.4, 0.5) is 13.2 Å². The Kier molecular flexibility index (Phi) is 5.95. The summed E-state index contributed by atoms with van der Waals surface area (Å²) in [6.45, 7) is 0.184. The maximum Gasteiger partial charge on any atom is 0.433 e. The molecule has 0 saturated heterocycles. The lowest BCUT2D eigenvalue weighted by Crippen LogP contribution is -2.34. The summed E-state index contributed by atoms with van der Waals surface area (Å²) in [6, 6.07) is 1.91. The van der Waals surface area contributed by atoms with Crippen LogP contribution in [0.15, 0.2) is 12.1 Å². The summed E-state index contributed by atoms with van der Waals surface area (Å²) < 4.78 is 49.2. The zero-order chi connectivity index (χ0) is 19.6. The molecule has 3 atom stereocenters. The molecule has 0 spiro atoms. The van der Waals surface area contributed by atoms with Gasteiger partial charge in [0.2, 0.25) is 0 Å². The van der Waals surface area contributed by atoms with Gasteiger partial charge < -0.3 is 9.47 Å². The Morgan fingerprint density at radius 2 is 2.00 bits per heavy atom. The highest BCUT2D eigenvalue weighted by molar-refractivity contribution is 6.12. The predicted molar refractivity (Wildman–Crippen MR) is 89.0 cm³/mol. The van der Waals surface area contributed by atoms with E-state index in [9.17, 15) is 22.8 Å². The van der Waals surface area contributed by atoms with Gasteiger partial charge in [-0.05, 0) is 43.7 Å². The molecule has 0 aliphatic heterocycles. The maximum atomic E-state index is 13.0. The number of ketones is 2. The van der Waals surface area contributed by atoms with Crippen LogP contribution < -0.4 is 0 Å². The van der Waals surface area contributed by atoms with Gasteiger partial charge in [-0.2, -0.15) is 13.2 Å². The fourth-order valence-corrected chi connectivity index (χ4v) is 4.01. The van der Waals surface area contributed by atoms with E-state index in [4.69, 9.17) is 9.47 Å². The molecule has 148 valence electrons. The number of Topliss-reactive ketones (excluding diaryl/α,β-unsaturated/α-hetero) is 2. The lowest BCUT2D eigenvalue weighted by molar-refractivity contribution is -0.141. The van der Waals surface area contributed by atoms with Crippen LogP contribution in [0.1, 0.15) is 47.4 Å². The van der Waals surface area contributed by atoms with Gasteiger partial charge in [0.1, 0.15) is 11.5 Å². The minimum absolute atomic E-state index is 0.0417. The van der Waals surface area contributed by atoms with Crippen molar-refractivity contribution in [3.8, 4) is 0 Å². The molecule has 2 saturated carbocycles. The van der Waals surface area contributed by atoms with Crippen molar-refractivity contribution < 1.29 is 32.2 Å². The van der Waals surface area contributed by atoms with Crippen molar-refractivity contribution in [2.75, 3.05) is 20.3 Å². The van der Waals surface area contributed by atoms with Gasteiger partial charge in [-0.25, -0.2) is 4.98 Å². The van der Waals surface area contributed by atoms with Crippen LogP contribution in [0.5, 0.6) is 0 Å². The number of aromatic nitrogens is 1. The third-order valence-corrected chi connectivity index (χ3v) is 5.37. The molecule has 2 bridgehead atoms. The Bertz CT molecular complexity index is 719. The van der Waals surface area contributed by atoms with Crippen molar-refractivity contribution in [2.45, 2.75) is 38.5 Å². The summed E-state index contributed by atoms with van der Waals surface area (Å²) in [5.74, 6) is -1.07. The molecule has 0 aromatic carbocycles. The summed E-state index contributed by atoms with van der Waals surface area (Å²) in [4.78, 5) is 29.2. The van der Waals surface area contributed by atoms with E-state index in [0.29, 0.717) is 12.3 Å². The van der Waals surface area contributed by atoms with E-state index in [2.05, 4.69) is 4.98 Å². The highest BCUT2D eigenvalue weighted by Crippen LogP contribution is 2.43. The number of rotatable bonds is 7. The average molecular weight is 385 g/mol. The van der Waals surface area contributed by atoms with Crippen molar-refractivity contribution in [3.63, 3.8) is 0 Å². The number of methoxy groups -OCH3 is 1. The number of nitrogens with zero attached hydrogens (tertiary/aromatic N) is 1. The second-order valence-corrected chi connectivity index (χ2v) is 7.16. The van der Waals surface area contributed by atoms with E-state index < -0.39 is 23.6 Å². The highest BCUT2D eigenvalue weighted by Gasteiger charge is 2.44. The van der Waals surface area contributed by atoms with Crippen molar-refractivity contribution in [2.24, 2.45) is 17.8 Å². The van der Waals surface area contributed by atoms with Crippen molar-refractivity contribution in [1.82, 2.24) is 4.98 Å². The molecule has 3 unspecified atom stereocenters. The number of alkyl halides is 3. The summed E-state index contributed by atoms with van der Waals surface area (Å²) >= 11 is 0. The van der Waals surface area contributed by atoms with Crippen LogP contribution in [0.25, 0.3) is 0 Å². The van der Waals surface area contributed by atoms with Crippen molar-refractivity contribution >= 4 is 11.6 Å². The van der Waals surface area contributed by atoms with Gasteiger partial charge in [0.15, 0.2) is 5.78 Å². The third kappa shape index (κ3) is 4.38. The SMILES string of the molecule is COCCOCc1nc(C(F)(F)F)ccc1C(=O)C1CC2CCC(C2)C1=O. The number of pyridine rings is 1. The van der Waals surface area contributed by atoms with Crippen LogP contribution in [0.3, 0.4) is 0 Å². The Morgan fingerprint density at radius 1 is 1.22 bits per heavy atom. The lowest BCUT2D eigenvalue weighted by Gasteiger charge is -2.26. The minimum atomic E-state index is -4.62. The normalized spacial score (nSPS) is 25.0. The lowest BCUT2D eigenvalue weighted by atomic mass is 9.76. The Hall–Kier alpha value is -1.80. The van der Waals surface area contributed by atoms with Gasteiger partial charge in [-0.15, -0.1) is 0 Å². The largest absolute Gasteiger partial charge is 0.433 e. The topological polar surface area (TPSA) is 65.5 Å². The first kappa shape index (κ1) is 19.9. The molecule has 3 rings (SSSR count). The third-order valence-electron chi connectivity index (χ3n) is 5.37. The molecule has 2 aliphatic rings. The number of hydrogen-bond donors (Lipinski definition) is 0. The highest BCUT2D eigenvalue weighted by atomic mass is 19.4. The molecule has 5 nitrogen and oxygen atoms in total. The molecule has 0 radical (unpaired) electrons. The molecular formula is C19H22F3NO4. The minimum Gasteiger partial charge on any atom is -0.382 e. The van der Waals surface area contributed by atoms with E-state index in [-0.39, 0.29) is 42.8 Å². The number of fused-ring (bicyclic) bond motifs is 2. The summed E-state index contributed by atoms with van der Waals surface area (Å²) in [7, 11) is 1.48. The molecule has 27 heavy (non-hydrogen) atoms. The fourth-order valence-electron chi connectivity index (χ4n) is 4.01. The van der Waals surface area contributed by atoms with E-state index in [0.717, 1.165) is 31.4 Å². The Balaban J connectivity index is 1.86. The summed E-state index contributed by atoms with van der Waals surface area (Å²) in [5.41, 5.74) is -1.13. The zero-order valence-electron chi connectivity index (χ0n) is 15.1. The first-order valence-electron chi connectivity index (χ1n) is 9.03. The summed E-state index contributed by atoms with van der Waals surface area (Å²) in [5, 5.41) is 0. The fraction of sp³-hybridized carbons (Fsp3) is 0.632. The first-order valence-corrected chi connectivity index (χ1v) is 9.03. The van der Waals surface area contributed by atoms with Crippen molar-refractivity contribution in [1.29, 1.82) is 0 Å². The Labute approximate surface area is 155 Å². The number of halogens is 3. The Morgan fingerprint density at radius 3 is 2.70 bits per heavy atom. The molecule has 8 heteroatoms. The van der Waals surface area contributed by atoms with Gasteiger partial charge in [0, 0.05) is 18.6 Å². The van der Waals surface area contributed by atoms with Crippen molar-refractivity contribution in [3.05, 3.63) is 29.1 Å². The van der Waals surface area contributed by atoms with Gasteiger partial charge in [0.25, 0.3) is 0 Å². The van der Waals surface area contributed by atoms with Crippen LogP contribution >= 0.6 is 0 Å². The summed E-state index contributed by atoms with van der Waals surface area (Å²) in [6.07, 6.45) is -1.60. The number of carbonyl (C=O) groups is 2. The van der Waals surface area contributed by atoms with E-state index in [1.807, 2.05) is 0 Å². The maximum absolute atomic E-state index is 13.0. The first-order chi connectivity index (χ1) is 12.8. The zero-order valence-corrected chi connectivity index (χ0v) is 15.1. The molecule has 1 aromatic rings. The average Bonchev–Trinajstić information content (AvgIpc) is 3.04. The second kappa shape index (κ2) is 8.06. The smallest absolute Gasteiger partial charge is 0.382 e. The monoisotopic (exact) mass is 385 g/mol. The number of hydrogen-bond acceptors (Lipinski definition) is 5. The molecule has 2 fully saturated rings. The van der Waals surface area contributed by atoms with Gasteiger partial charge in [-0.1, -0.05) is 0 Å². The predicted octanol–water partition coefficient (Wildman–Crippen LogP) is 3.45. The number of carbonyl (C=O) groups excluding carboxylic acids is 2. The molecular weight excluding hydrogens is 363 g/mol. The van der Waals surface area contributed by atoms with Crippen LogP contribution in [-0.4, -0.2) is 36.9 Å². The van der Waals surface area contributed by atoms with E-state index in [1.165, 1.54) is 7.11 Å². The quantitative estimate of drug-likeness (QED) is 0.409. The standard InChI is InChI=1S/C19H22F3NO4/c1-26-6-7-27-10-15-13(4-5-16(23-15)19(20,21)22)18(25)14-9-11-2-3-12(8-11)17(14)24/h4-5,11-12,14H,2-3,6-10H2,1H3. The molecule has 0 N–H and O–H groups in total. The molecule has 0 amide bonds. The number of ether oxygens (including phenoxy) is 2. The molecule has 1 aromatic heterocycles. The molecule has 1 heterocycles. The van der Waals surface area contributed by atoms with Crippen LogP contribution in [-0.2, 0) is 27.1 Å². The van der Waals surface area contributed by atoms with Gasteiger partial charge in [-0.3, -0.25) is 9.59 Å². The molecule has 2 aliphatic carbocycles. The van der Waals surface area contributed by atoms with Gasteiger partial charge in [0.05, 0.1) is 31.4 Å².